The van der Waals surface area contributed by atoms with Crippen LogP contribution < -0.4 is 0 Å². The van der Waals surface area contributed by atoms with Gasteiger partial charge in [0.1, 0.15) is 0 Å². The minimum atomic E-state index is -0.389. The van der Waals surface area contributed by atoms with Gasteiger partial charge in [0.25, 0.3) is 5.69 Å². The van der Waals surface area contributed by atoms with Crippen molar-refractivity contribution in [3.63, 3.8) is 0 Å². The van der Waals surface area contributed by atoms with Crippen LogP contribution in [0.4, 0.5) is 5.69 Å². The monoisotopic (exact) mass is 225 g/mol. The Balaban J connectivity index is 0. The fourth-order valence-electron chi connectivity index (χ4n) is 0.853. The van der Waals surface area contributed by atoms with Crippen LogP contribution in [0.3, 0.4) is 0 Å². The number of non-ortho nitro benzene ring substituents is 1. The third-order valence-corrected chi connectivity index (χ3v) is 1.56. The lowest BCUT2D eigenvalue weighted by Gasteiger charge is -1.93. The van der Waals surface area contributed by atoms with Gasteiger partial charge >= 0.3 is 0 Å². The SMILES string of the molecule is CC.CCC.CCc1ccc([N+](=O)[O-])cc1. The zero-order valence-corrected chi connectivity index (χ0v) is 11.0. The number of nitro benzene ring substituents is 1. The summed E-state index contributed by atoms with van der Waals surface area (Å²) in [5.41, 5.74) is 1.28. The molecule has 0 fully saturated rings. The van der Waals surface area contributed by atoms with E-state index in [-0.39, 0.29) is 10.6 Å². The summed E-state index contributed by atoms with van der Waals surface area (Å²) >= 11 is 0. The molecule has 0 amide bonds. The zero-order valence-electron chi connectivity index (χ0n) is 11.0. The molecule has 0 spiro atoms. The molecule has 0 saturated heterocycles. The molecule has 0 aliphatic rings. The van der Waals surface area contributed by atoms with Gasteiger partial charge in [0, 0.05) is 12.1 Å². The zero-order chi connectivity index (χ0) is 13.0. The minimum Gasteiger partial charge on any atom is -0.258 e. The molecule has 0 aliphatic carbocycles. The van der Waals surface area contributed by atoms with Gasteiger partial charge in [-0.25, -0.2) is 0 Å². The van der Waals surface area contributed by atoms with Crippen molar-refractivity contribution in [2.24, 2.45) is 0 Å². The van der Waals surface area contributed by atoms with Crippen molar-refractivity contribution in [1.29, 1.82) is 0 Å². The fraction of sp³-hybridized carbons (Fsp3) is 0.538. The van der Waals surface area contributed by atoms with Crippen molar-refractivity contribution in [2.45, 2.75) is 47.5 Å². The predicted octanol–water partition coefficient (Wildman–Crippen LogP) is 4.60. The van der Waals surface area contributed by atoms with Crippen molar-refractivity contribution in [3.8, 4) is 0 Å². The predicted molar refractivity (Wildman–Crippen MR) is 69.8 cm³/mol. The van der Waals surface area contributed by atoms with Crippen LogP contribution in [0.1, 0.15) is 46.6 Å². The highest BCUT2D eigenvalue weighted by molar-refractivity contribution is 5.32. The van der Waals surface area contributed by atoms with Crippen LogP contribution in [0, 0.1) is 10.1 Å². The number of hydrogen-bond acceptors (Lipinski definition) is 2. The molecule has 16 heavy (non-hydrogen) atoms. The summed E-state index contributed by atoms with van der Waals surface area (Å²) in [6, 6.07) is 6.61. The number of benzene rings is 1. The van der Waals surface area contributed by atoms with E-state index in [2.05, 4.69) is 13.8 Å². The van der Waals surface area contributed by atoms with Crippen molar-refractivity contribution in [1.82, 2.24) is 0 Å². The Bertz CT molecular complexity index is 268. The summed E-state index contributed by atoms with van der Waals surface area (Å²) in [5, 5.41) is 10.2. The first-order chi connectivity index (χ1) is 7.65. The smallest absolute Gasteiger partial charge is 0.258 e. The van der Waals surface area contributed by atoms with Crippen LogP contribution in [-0.4, -0.2) is 4.92 Å². The van der Waals surface area contributed by atoms with E-state index >= 15 is 0 Å². The third-order valence-electron chi connectivity index (χ3n) is 1.56. The van der Waals surface area contributed by atoms with Crippen molar-refractivity contribution in [2.75, 3.05) is 0 Å². The average molecular weight is 225 g/mol. The second-order valence-electron chi connectivity index (χ2n) is 2.98. The molecular weight excluding hydrogens is 202 g/mol. The summed E-state index contributed by atoms with van der Waals surface area (Å²) in [7, 11) is 0. The molecule has 92 valence electrons. The van der Waals surface area contributed by atoms with Gasteiger partial charge < -0.3 is 0 Å². The lowest BCUT2D eigenvalue weighted by Crippen LogP contribution is -1.87. The summed E-state index contributed by atoms with van der Waals surface area (Å²) in [6.07, 6.45) is 2.16. The standard InChI is InChI=1S/C8H9NO2.C3H8.C2H6/c1-2-7-3-5-8(6-4-7)9(10)11;1-3-2;1-2/h3-6H,2H2,1H3;3H2,1-2H3;1-2H3. The van der Waals surface area contributed by atoms with Crippen molar-refractivity contribution < 1.29 is 4.92 Å². The molecule has 3 nitrogen and oxygen atoms in total. The van der Waals surface area contributed by atoms with E-state index in [1.165, 1.54) is 18.6 Å². The molecule has 0 radical (unpaired) electrons. The van der Waals surface area contributed by atoms with Gasteiger partial charge in [0.15, 0.2) is 0 Å². The largest absolute Gasteiger partial charge is 0.269 e. The van der Waals surface area contributed by atoms with Crippen LogP contribution in [0.2, 0.25) is 0 Å². The lowest BCUT2D eigenvalue weighted by molar-refractivity contribution is -0.384. The van der Waals surface area contributed by atoms with Crippen molar-refractivity contribution >= 4 is 5.69 Å². The summed E-state index contributed by atoms with van der Waals surface area (Å²) in [6.45, 7) is 10.3. The molecule has 0 N–H and O–H groups in total. The van der Waals surface area contributed by atoms with Gasteiger partial charge in [-0.3, -0.25) is 10.1 Å². The molecule has 0 saturated carbocycles. The van der Waals surface area contributed by atoms with Crippen LogP contribution in [-0.2, 0) is 6.42 Å². The summed E-state index contributed by atoms with van der Waals surface area (Å²) < 4.78 is 0. The Morgan fingerprint density at radius 3 is 1.69 bits per heavy atom. The maximum absolute atomic E-state index is 10.2. The number of aryl methyl sites for hydroxylation is 1. The number of nitrogens with zero attached hydrogens (tertiary/aromatic N) is 1. The molecule has 1 rings (SSSR count). The highest BCUT2D eigenvalue weighted by atomic mass is 16.6. The summed E-state index contributed by atoms with van der Waals surface area (Å²) in [5.74, 6) is 0. The Morgan fingerprint density at radius 1 is 1.06 bits per heavy atom. The maximum Gasteiger partial charge on any atom is 0.269 e. The van der Waals surface area contributed by atoms with Gasteiger partial charge in [-0.05, 0) is 12.0 Å². The average Bonchev–Trinajstić information content (AvgIpc) is 2.33. The van der Waals surface area contributed by atoms with Crippen LogP contribution in [0.5, 0.6) is 0 Å². The Morgan fingerprint density at radius 2 is 1.44 bits per heavy atom. The van der Waals surface area contributed by atoms with E-state index in [1.54, 1.807) is 12.1 Å². The van der Waals surface area contributed by atoms with Gasteiger partial charge in [-0.2, -0.15) is 0 Å². The molecule has 0 unspecified atom stereocenters. The van der Waals surface area contributed by atoms with E-state index in [0.29, 0.717) is 0 Å². The molecule has 1 aromatic carbocycles. The first-order valence-electron chi connectivity index (χ1n) is 5.88. The normalized spacial score (nSPS) is 8.06. The number of rotatable bonds is 2. The topological polar surface area (TPSA) is 43.1 Å². The quantitative estimate of drug-likeness (QED) is 0.545. The van der Waals surface area contributed by atoms with Crippen LogP contribution >= 0.6 is 0 Å². The highest BCUT2D eigenvalue weighted by Gasteiger charge is 2.01. The Labute approximate surface area is 98.7 Å². The van der Waals surface area contributed by atoms with Gasteiger partial charge in [0.2, 0.25) is 0 Å². The molecule has 0 heterocycles. The molecule has 3 heteroatoms. The second kappa shape index (κ2) is 11.7. The van der Waals surface area contributed by atoms with E-state index in [1.807, 2.05) is 20.8 Å². The number of nitro groups is 1. The number of hydrogen-bond donors (Lipinski definition) is 0. The van der Waals surface area contributed by atoms with Crippen LogP contribution in [0.25, 0.3) is 0 Å². The fourth-order valence-corrected chi connectivity index (χ4v) is 0.853. The molecular formula is C13H23NO2. The van der Waals surface area contributed by atoms with Crippen LogP contribution in [0.15, 0.2) is 24.3 Å². The minimum absolute atomic E-state index is 0.155. The Kier molecular flexibility index (Phi) is 12.4. The molecule has 0 bridgehead atoms. The van der Waals surface area contributed by atoms with Crippen molar-refractivity contribution in [3.05, 3.63) is 39.9 Å². The molecule has 0 aliphatic heterocycles. The first kappa shape index (κ1) is 17.0. The van der Waals surface area contributed by atoms with Gasteiger partial charge in [-0.15, -0.1) is 0 Å². The lowest BCUT2D eigenvalue weighted by atomic mass is 10.2. The van der Waals surface area contributed by atoms with Gasteiger partial charge in [0.05, 0.1) is 4.92 Å². The molecule has 0 atom stereocenters. The molecule has 1 aromatic rings. The Hall–Kier alpha value is -1.38. The summed E-state index contributed by atoms with van der Waals surface area (Å²) in [4.78, 5) is 9.82. The third kappa shape index (κ3) is 7.97. The maximum atomic E-state index is 10.2. The van der Waals surface area contributed by atoms with Gasteiger partial charge in [-0.1, -0.05) is 53.2 Å². The van der Waals surface area contributed by atoms with E-state index < -0.39 is 0 Å². The molecule has 0 aromatic heterocycles. The highest BCUT2D eigenvalue weighted by Crippen LogP contribution is 2.11. The second-order valence-corrected chi connectivity index (χ2v) is 2.98. The van der Waals surface area contributed by atoms with E-state index in [4.69, 9.17) is 0 Å². The first-order valence-corrected chi connectivity index (χ1v) is 5.88. The van der Waals surface area contributed by atoms with E-state index in [9.17, 15) is 10.1 Å². The van der Waals surface area contributed by atoms with E-state index in [0.717, 1.165) is 12.0 Å².